The summed E-state index contributed by atoms with van der Waals surface area (Å²) in [4.78, 5) is 41.8. The van der Waals surface area contributed by atoms with Crippen molar-refractivity contribution in [2.75, 3.05) is 20.2 Å². The molecule has 1 aliphatic heterocycles. The van der Waals surface area contributed by atoms with Gasteiger partial charge in [0.15, 0.2) is 0 Å². The van der Waals surface area contributed by atoms with E-state index in [4.69, 9.17) is 4.74 Å². The molecule has 122 valence electrons. The Balaban J connectivity index is 1.65. The molecule has 1 saturated carbocycles. The summed E-state index contributed by atoms with van der Waals surface area (Å²) in [5.41, 5.74) is 0.305. The fourth-order valence-electron chi connectivity index (χ4n) is 3.59. The van der Waals surface area contributed by atoms with Gasteiger partial charge < -0.3 is 9.64 Å². The van der Waals surface area contributed by atoms with Crippen molar-refractivity contribution in [3.63, 3.8) is 0 Å². The van der Waals surface area contributed by atoms with Crippen molar-refractivity contribution in [2.24, 2.45) is 5.41 Å². The zero-order valence-electron chi connectivity index (χ0n) is 13.2. The third-order valence-electron chi connectivity index (χ3n) is 4.84. The molecule has 0 bridgehead atoms. The quantitative estimate of drug-likeness (QED) is 0.775. The zero-order chi connectivity index (χ0) is 16.4. The van der Waals surface area contributed by atoms with Gasteiger partial charge in [-0.3, -0.25) is 14.4 Å². The van der Waals surface area contributed by atoms with Gasteiger partial charge in [-0.1, -0.05) is 0 Å². The number of likely N-dealkylation sites (tertiary alicyclic amines) is 1. The van der Waals surface area contributed by atoms with Crippen molar-refractivity contribution < 1.29 is 19.1 Å². The Morgan fingerprint density at radius 1 is 1.17 bits per heavy atom. The average Bonchev–Trinajstić information content (AvgIpc) is 2.54. The van der Waals surface area contributed by atoms with Gasteiger partial charge in [-0.25, -0.2) is 4.98 Å². The lowest BCUT2D eigenvalue weighted by molar-refractivity contribution is -0.135. The Kier molecular flexibility index (Phi) is 4.15. The summed E-state index contributed by atoms with van der Waals surface area (Å²) < 4.78 is 4.99. The van der Waals surface area contributed by atoms with E-state index in [-0.39, 0.29) is 29.3 Å². The minimum Gasteiger partial charge on any atom is -0.481 e. The smallest absolute Gasteiger partial charge is 0.255 e. The number of rotatable bonds is 2. The molecular formula is C17H20N2O4. The number of ether oxygens (including phenoxy) is 1. The summed E-state index contributed by atoms with van der Waals surface area (Å²) in [7, 11) is 1.53. The lowest BCUT2D eigenvalue weighted by Gasteiger charge is -2.43. The molecule has 1 aliphatic carbocycles. The van der Waals surface area contributed by atoms with Crippen LogP contribution in [0.2, 0.25) is 0 Å². The van der Waals surface area contributed by atoms with E-state index in [1.165, 1.54) is 13.3 Å². The van der Waals surface area contributed by atoms with Crippen molar-refractivity contribution in [3.8, 4) is 5.88 Å². The number of Topliss-reactive ketones (excluding diaryl/α,β-unsaturated/α-hetero) is 2. The van der Waals surface area contributed by atoms with Gasteiger partial charge in [0.05, 0.1) is 19.1 Å². The summed E-state index contributed by atoms with van der Waals surface area (Å²) in [6, 6.07) is 3.36. The highest BCUT2D eigenvalue weighted by Gasteiger charge is 2.42. The van der Waals surface area contributed by atoms with Gasteiger partial charge in [0.1, 0.15) is 11.6 Å². The fraction of sp³-hybridized carbons (Fsp3) is 0.529. The van der Waals surface area contributed by atoms with Gasteiger partial charge in [-0.05, 0) is 24.3 Å². The molecule has 0 unspecified atom stereocenters. The van der Waals surface area contributed by atoms with Crippen molar-refractivity contribution in [1.82, 2.24) is 9.88 Å². The van der Waals surface area contributed by atoms with Crippen LogP contribution in [-0.2, 0) is 9.59 Å². The number of carbonyl (C=O) groups excluding carboxylic acids is 3. The van der Waals surface area contributed by atoms with Gasteiger partial charge in [0.2, 0.25) is 5.88 Å². The van der Waals surface area contributed by atoms with Crippen LogP contribution in [0.5, 0.6) is 5.88 Å². The van der Waals surface area contributed by atoms with Gasteiger partial charge in [-0.15, -0.1) is 0 Å². The summed E-state index contributed by atoms with van der Waals surface area (Å²) >= 11 is 0. The van der Waals surface area contributed by atoms with Crippen LogP contribution in [0.15, 0.2) is 18.3 Å². The van der Waals surface area contributed by atoms with Gasteiger partial charge in [0, 0.05) is 38.2 Å². The molecule has 0 radical (unpaired) electrons. The van der Waals surface area contributed by atoms with E-state index in [1.54, 1.807) is 17.0 Å². The highest BCUT2D eigenvalue weighted by Crippen LogP contribution is 2.42. The third-order valence-corrected chi connectivity index (χ3v) is 4.84. The number of aromatic nitrogens is 1. The number of methoxy groups -OCH3 is 1. The molecule has 3 rings (SSSR count). The Morgan fingerprint density at radius 2 is 1.83 bits per heavy atom. The van der Waals surface area contributed by atoms with Crippen molar-refractivity contribution in [2.45, 2.75) is 32.1 Å². The molecule has 2 fully saturated rings. The second-order valence-electron chi connectivity index (χ2n) is 6.49. The zero-order valence-corrected chi connectivity index (χ0v) is 13.2. The summed E-state index contributed by atoms with van der Waals surface area (Å²) in [5, 5.41) is 0. The lowest BCUT2D eigenvalue weighted by atomic mass is 9.67. The summed E-state index contributed by atoms with van der Waals surface area (Å²) in [6.07, 6.45) is 3.97. The minimum atomic E-state index is -0.221. The second kappa shape index (κ2) is 6.10. The number of pyridine rings is 1. The monoisotopic (exact) mass is 316 g/mol. The van der Waals surface area contributed by atoms with Crippen molar-refractivity contribution in [3.05, 3.63) is 23.9 Å². The predicted molar refractivity (Wildman–Crippen MR) is 82.2 cm³/mol. The first kappa shape index (κ1) is 15.6. The maximum Gasteiger partial charge on any atom is 0.255 e. The molecule has 2 aliphatic rings. The van der Waals surface area contributed by atoms with Crippen LogP contribution in [0, 0.1) is 5.41 Å². The van der Waals surface area contributed by atoms with E-state index in [0.717, 1.165) is 0 Å². The molecule has 2 heterocycles. The van der Waals surface area contributed by atoms with E-state index in [9.17, 15) is 14.4 Å². The van der Waals surface area contributed by atoms with Crippen LogP contribution in [0.4, 0.5) is 0 Å². The Morgan fingerprint density at radius 3 is 2.35 bits per heavy atom. The first-order valence-corrected chi connectivity index (χ1v) is 7.84. The molecule has 0 atom stereocenters. The number of ketones is 2. The first-order chi connectivity index (χ1) is 11.0. The molecule has 1 aromatic heterocycles. The molecule has 1 aromatic rings. The van der Waals surface area contributed by atoms with E-state index in [1.807, 2.05) is 0 Å². The van der Waals surface area contributed by atoms with Crippen molar-refractivity contribution >= 4 is 17.5 Å². The van der Waals surface area contributed by atoms with Crippen molar-refractivity contribution in [1.29, 1.82) is 0 Å². The number of hydrogen-bond acceptors (Lipinski definition) is 5. The van der Waals surface area contributed by atoms with E-state index >= 15 is 0 Å². The van der Waals surface area contributed by atoms with Crippen LogP contribution in [0.3, 0.4) is 0 Å². The van der Waals surface area contributed by atoms with Crippen LogP contribution in [-0.4, -0.2) is 47.6 Å². The van der Waals surface area contributed by atoms with Gasteiger partial charge in [-0.2, -0.15) is 0 Å². The van der Waals surface area contributed by atoms with Crippen LogP contribution in [0.25, 0.3) is 0 Å². The first-order valence-electron chi connectivity index (χ1n) is 7.84. The molecular weight excluding hydrogens is 296 g/mol. The van der Waals surface area contributed by atoms with Gasteiger partial charge in [0.25, 0.3) is 5.91 Å². The standard InChI is InChI=1S/C17H20N2O4/c1-23-15-3-2-12(11-18-15)16(22)19-6-4-17(5-7-19)9-13(20)8-14(21)10-17/h2-3,11H,4-10H2,1H3. The van der Waals surface area contributed by atoms with E-state index in [0.29, 0.717) is 50.2 Å². The van der Waals surface area contributed by atoms with Gasteiger partial charge >= 0.3 is 0 Å². The predicted octanol–water partition coefficient (Wildman–Crippen LogP) is 1.63. The maximum atomic E-state index is 12.5. The number of piperidine rings is 1. The second-order valence-corrected chi connectivity index (χ2v) is 6.49. The Hall–Kier alpha value is -2.24. The van der Waals surface area contributed by atoms with E-state index < -0.39 is 0 Å². The Bertz CT molecular complexity index is 612. The normalized spacial score (nSPS) is 20.7. The number of hydrogen-bond donors (Lipinski definition) is 0. The summed E-state index contributed by atoms with van der Waals surface area (Å²) in [5.74, 6) is 0.489. The highest BCUT2D eigenvalue weighted by molar-refractivity contribution is 6.02. The molecule has 23 heavy (non-hydrogen) atoms. The molecule has 1 spiro atoms. The summed E-state index contributed by atoms with van der Waals surface area (Å²) in [6.45, 7) is 1.15. The minimum absolute atomic E-state index is 0.0420. The lowest BCUT2D eigenvalue weighted by Crippen LogP contribution is -2.46. The number of carbonyl (C=O) groups is 3. The Labute approximate surface area is 134 Å². The third kappa shape index (κ3) is 3.25. The molecule has 1 saturated heterocycles. The van der Waals surface area contributed by atoms with Crippen LogP contribution in [0.1, 0.15) is 42.5 Å². The largest absolute Gasteiger partial charge is 0.481 e. The fourth-order valence-corrected chi connectivity index (χ4v) is 3.59. The maximum absolute atomic E-state index is 12.5. The number of nitrogens with zero attached hydrogens (tertiary/aromatic N) is 2. The number of amides is 1. The highest BCUT2D eigenvalue weighted by atomic mass is 16.5. The SMILES string of the molecule is COc1ccc(C(=O)N2CCC3(CC2)CC(=O)CC(=O)C3)cn1. The molecule has 6 nitrogen and oxygen atoms in total. The van der Waals surface area contributed by atoms with E-state index in [2.05, 4.69) is 4.98 Å². The molecule has 6 heteroatoms. The van der Waals surface area contributed by atoms with Crippen LogP contribution >= 0.6 is 0 Å². The average molecular weight is 316 g/mol. The topological polar surface area (TPSA) is 76.6 Å². The molecule has 0 N–H and O–H groups in total. The van der Waals surface area contributed by atoms with Crippen LogP contribution < -0.4 is 4.74 Å². The molecule has 0 aromatic carbocycles. The molecule has 1 amide bonds.